The lowest BCUT2D eigenvalue weighted by molar-refractivity contribution is -0.229. The molecule has 23 nitrogen and oxygen atoms in total. The molecule has 10 amide bonds. The number of allylic oxidation sites excluding steroid dienone is 2. The average Bonchev–Trinajstić information content (AvgIpc) is 3.62. The van der Waals surface area contributed by atoms with Gasteiger partial charge in [-0.3, -0.25) is 52.9 Å². The molecule has 0 aromatic rings. The van der Waals surface area contributed by atoms with E-state index < -0.39 is 156 Å². The number of rotatable bonds is 15. The fourth-order valence-corrected chi connectivity index (χ4v) is 10.6. The van der Waals surface area contributed by atoms with Crippen LogP contribution in [0.4, 0.5) is 0 Å². The first kappa shape index (κ1) is 76.9. The number of likely N-dealkylation sites (N-methyl/N-ethyl adjacent to an activating group) is 7. The fraction of sp³-hybridized carbons (Fsp3) is 0.790. The molecule has 0 radical (unpaired) electrons. The van der Waals surface area contributed by atoms with E-state index in [0.29, 0.717) is 6.42 Å². The van der Waals surface area contributed by atoms with Gasteiger partial charge in [-0.2, -0.15) is 0 Å². The van der Waals surface area contributed by atoms with Crippen LogP contribution in [0.2, 0.25) is 0 Å². The van der Waals surface area contributed by atoms with Crippen molar-refractivity contribution in [3.63, 3.8) is 0 Å². The molecule has 85 heavy (non-hydrogen) atoms. The summed E-state index contributed by atoms with van der Waals surface area (Å²) in [7, 11) is 9.85. The first-order chi connectivity index (χ1) is 39.2. The van der Waals surface area contributed by atoms with Gasteiger partial charge in [0.15, 0.2) is 0 Å². The van der Waals surface area contributed by atoms with Crippen LogP contribution in [-0.2, 0) is 47.9 Å². The Morgan fingerprint density at radius 3 is 1.38 bits per heavy atom. The summed E-state index contributed by atoms with van der Waals surface area (Å²) in [5.74, 6) is -10.00. The maximum absolute atomic E-state index is 15.1. The van der Waals surface area contributed by atoms with Crippen molar-refractivity contribution in [3.8, 4) is 0 Å². The van der Waals surface area contributed by atoms with Crippen LogP contribution in [0.15, 0.2) is 17.1 Å². The molecule has 1 aliphatic rings. The van der Waals surface area contributed by atoms with E-state index in [0.717, 1.165) is 9.80 Å². The van der Waals surface area contributed by atoms with E-state index in [2.05, 4.69) is 20.9 Å². The number of carbonyl (C=O) groups is 10. The van der Waals surface area contributed by atoms with Crippen molar-refractivity contribution in [1.29, 1.82) is 0 Å². The minimum Gasteiger partial charge on any atom is -0.860 e. The van der Waals surface area contributed by atoms with Crippen LogP contribution >= 0.6 is 0 Å². The van der Waals surface area contributed by atoms with Crippen LogP contribution in [0, 0.1) is 41.4 Å². The number of aliphatic hydroxyl groups excluding tert-OH is 1. The maximum atomic E-state index is 15.1. The van der Waals surface area contributed by atoms with E-state index in [4.69, 9.17) is 0 Å². The zero-order valence-electron chi connectivity index (χ0n) is 56.0. The Kier molecular flexibility index (Phi) is 31.5. The zero-order chi connectivity index (χ0) is 66.0. The lowest BCUT2D eigenvalue weighted by atomic mass is 9.91. The summed E-state index contributed by atoms with van der Waals surface area (Å²) in [5, 5.41) is 35.0. The largest absolute Gasteiger partial charge is 0.860 e. The van der Waals surface area contributed by atoms with Crippen molar-refractivity contribution < 1.29 is 58.2 Å². The Labute approximate surface area is 508 Å². The van der Waals surface area contributed by atoms with Gasteiger partial charge < -0.3 is 60.5 Å². The number of hydrogen-bond donors (Lipinski definition) is 4. The Morgan fingerprint density at radius 1 is 0.518 bits per heavy atom. The Balaban J connectivity index is 4.38. The second-order valence-electron chi connectivity index (χ2n) is 26.0. The molecule has 0 saturated heterocycles. The second kappa shape index (κ2) is 34.9. The minimum atomic E-state index is -1.67. The summed E-state index contributed by atoms with van der Waals surface area (Å²) >= 11 is 0. The summed E-state index contributed by atoms with van der Waals surface area (Å²) in [5.41, 5.74) is 0. The van der Waals surface area contributed by atoms with E-state index in [1.165, 1.54) is 87.7 Å². The van der Waals surface area contributed by atoms with Crippen molar-refractivity contribution >= 4 is 65.0 Å². The average molecular weight is 1200 g/mol. The number of nitrogens with one attached hydrogen (secondary N) is 3. The molecule has 486 valence electrons. The summed E-state index contributed by atoms with van der Waals surface area (Å²) in [6, 6.07) is -12.5. The second-order valence-corrected chi connectivity index (χ2v) is 26.0. The number of aliphatic hydroxyl groups is 1. The zero-order valence-corrected chi connectivity index (χ0v) is 56.0. The van der Waals surface area contributed by atoms with Crippen molar-refractivity contribution in [2.45, 2.75) is 223 Å². The monoisotopic (exact) mass is 1200 g/mol. The van der Waals surface area contributed by atoms with Gasteiger partial charge >= 0.3 is 0 Å². The molecule has 0 bridgehead atoms. The number of nitrogens with zero attached hydrogens (tertiary/aromatic N) is 8. The fourth-order valence-electron chi connectivity index (χ4n) is 10.6. The predicted molar refractivity (Wildman–Crippen MR) is 328 cm³/mol. The molecule has 1 aliphatic heterocycles. The smallest absolute Gasteiger partial charge is 0.247 e. The van der Waals surface area contributed by atoms with E-state index in [1.807, 2.05) is 55.4 Å². The molecular formula is C62H110N11O12-. The third-order valence-corrected chi connectivity index (χ3v) is 16.0. The first-order valence-electron chi connectivity index (χ1n) is 30.5. The molecule has 0 aromatic carbocycles. The number of amides is 10. The molecule has 0 spiro atoms. The molecule has 0 aromatic heterocycles. The quantitative estimate of drug-likeness (QED) is 0.172. The predicted octanol–water partition coefficient (Wildman–Crippen LogP) is 2.91. The Morgan fingerprint density at radius 2 is 0.929 bits per heavy atom. The van der Waals surface area contributed by atoms with Crippen LogP contribution in [0.25, 0.3) is 0 Å². The number of carbonyl (C=O) groups excluding carboxylic acids is 10. The van der Waals surface area contributed by atoms with Crippen LogP contribution in [0.5, 0.6) is 0 Å². The van der Waals surface area contributed by atoms with E-state index >= 15 is 9.59 Å². The highest BCUT2D eigenvalue weighted by molar-refractivity contribution is 5.99. The van der Waals surface area contributed by atoms with Crippen LogP contribution in [-0.4, -0.2) is 227 Å². The first-order valence-corrected chi connectivity index (χ1v) is 30.5. The van der Waals surface area contributed by atoms with E-state index in [-0.39, 0.29) is 55.8 Å². The molecule has 1 heterocycles. The third-order valence-electron chi connectivity index (χ3n) is 16.0. The Hall–Kier alpha value is -6.13. The minimum absolute atomic E-state index is 0.0327. The molecule has 12 atom stereocenters. The van der Waals surface area contributed by atoms with Crippen LogP contribution < -0.4 is 21.1 Å². The van der Waals surface area contributed by atoms with Crippen molar-refractivity contribution in [2.75, 3.05) is 55.9 Å². The van der Waals surface area contributed by atoms with Gasteiger partial charge in [0, 0.05) is 49.3 Å². The normalized spacial score (nSPS) is 26.9. The summed E-state index contributed by atoms with van der Waals surface area (Å²) < 4.78 is 0. The van der Waals surface area contributed by atoms with Gasteiger partial charge in [-0.05, 0) is 107 Å². The highest BCUT2D eigenvalue weighted by atomic mass is 16.3. The summed E-state index contributed by atoms with van der Waals surface area (Å²) in [6.45, 7) is 29.2. The highest BCUT2D eigenvalue weighted by Gasteiger charge is 2.44. The standard InChI is InChI=1S/C62H111N11O12/c1-25-27-28-40(15)52(75)51-56(79)65-43(26-2)58(81)67(18)33-48(74)68(19)44(29-34(3)4)55(78)66-49(38(11)12)61(84)69(20)45(30-35(5)6)54(77)63-41(16)53(76)64-42(17)57(80)70(21)46(31-36(7)8)59(82)71(22)47(32-37(9)10)60(83)72(23)50(39(13)14)62(85)73(51)24/h25,27,34-47,49-52,75H,26,28-33H2,1-24H3,(H,63,77)(H,64,76)(H,65,79)(H,66,78)/p-1/b27-25+/t40-,41+,42-,43+,44+,45+,46+,47+,49+,50+,51+,52-/m1/s1. The summed E-state index contributed by atoms with van der Waals surface area (Å²) in [4.78, 5) is 158. The Bertz CT molecular complexity index is 2340. The lowest BCUT2D eigenvalue weighted by Crippen LogP contribution is -2.62. The third kappa shape index (κ3) is 21.7. The van der Waals surface area contributed by atoms with Gasteiger partial charge in [-0.15, -0.1) is 0 Å². The molecule has 23 heteroatoms. The van der Waals surface area contributed by atoms with E-state index in [9.17, 15) is 48.6 Å². The van der Waals surface area contributed by atoms with E-state index in [1.54, 1.807) is 60.6 Å². The molecule has 4 N–H and O–H groups in total. The van der Waals surface area contributed by atoms with Gasteiger partial charge in [-0.25, -0.2) is 0 Å². The molecule has 0 fully saturated rings. The van der Waals surface area contributed by atoms with Crippen LogP contribution in [0.3, 0.4) is 0 Å². The van der Waals surface area contributed by atoms with Crippen molar-refractivity contribution in [1.82, 2.24) is 50.2 Å². The molecule has 0 unspecified atom stereocenters. The molecule has 0 saturated carbocycles. The van der Waals surface area contributed by atoms with Crippen LogP contribution in [0.1, 0.15) is 156 Å². The topological polar surface area (TPSA) is 285 Å². The number of hydrogen-bond acceptors (Lipinski definition) is 13. The molecule has 0 aliphatic carbocycles. The van der Waals surface area contributed by atoms with Gasteiger partial charge in [0.05, 0.1) is 18.7 Å². The van der Waals surface area contributed by atoms with Gasteiger partial charge in [-0.1, -0.05) is 109 Å². The maximum Gasteiger partial charge on any atom is 0.247 e. The SMILES string of the molecule is C/C=C/C[C@@H](C)[C@@H](O)[C@H]1C([O-])=N[C@@H](CC)C(=O)N(C)CC(=O)N(C)[C@@H](CC(C)C)C(=O)N[C@@H](C(C)C)C(=O)N(C)[C@@H](CC(C)C)C(=O)N[C@@H](C)C(=O)N[C@H](C)C(=O)N(C)[C@@H](CC(C)C)C(=O)N(C)[C@@H](CC(C)C)C(=O)N(C)[C@@H](C(C)C)C(=O)N1C. The van der Waals surface area contributed by atoms with Gasteiger partial charge in [0.2, 0.25) is 59.1 Å². The van der Waals surface area contributed by atoms with Gasteiger partial charge in [0.25, 0.3) is 0 Å². The lowest BCUT2D eigenvalue weighted by Gasteiger charge is -2.43. The van der Waals surface area contributed by atoms with Crippen molar-refractivity contribution in [2.24, 2.45) is 46.4 Å². The molecule has 1 rings (SSSR count). The highest BCUT2D eigenvalue weighted by Crippen LogP contribution is 2.26. The van der Waals surface area contributed by atoms with Crippen molar-refractivity contribution in [3.05, 3.63) is 12.2 Å². The number of aliphatic imine (C=N–C) groups is 1. The van der Waals surface area contributed by atoms with Gasteiger partial charge in [0.1, 0.15) is 54.4 Å². The molecular weight excluding hydrogens is 1090 g/mol. The summed E-state index contributed by atoms with van der Waals surface area (Å²) in [6.07, 6.45) is 2.91.